The van der Waals surface area contributed by atoms with Crippen molar-refractivity contribution in [1.29, 1.82) is 0 Å². The molecule has 4 rings (SSSR count). The maximum atomic E-state index is 13.3. The van der Waals surface area contributed by atoms with Gasteiger partial charge in [0, 0.05) is 22.7 Å². The van der Waals surface area contributed by atoms with Crippen LogP contribution in [0.25, 0.3) is 22.0 Å². The molecule has 32 heavy (non-hydrogen) atoms. The Morgan fingerprint density at radius 1 is 0.938 bits per heavy atom. The van der Waals surface area contributed by atoms with Gasteiger partial charge in [0.1, 0.15) is 6.54 Å². The summed E-state index contributed by atoms with van der Waals surface area (Å²) in [6.07, 6.45) is 0. The second-order valence-electron chi connectivity index (χ2n) is 8.37. The van der Waals surface area contributed by atoms with Crippen molar-refractivity contribution in [3.8, 4) is 11.3 Å². The molecule has 5 nitrogen and oxygen atoms in total. The lowest BCUT2D eigenvalue weighted by Crippen LogP contribution is -2.41. The van der Waals surface area contributed by atoms with Gasteiger partial charge in [-0.15, -0.1) is 0 Å². The van der Waals surface area contributed by atoms with Crippen molar-refractivity contribution in [2.75, 3.05) is 4.90 Å². The van der Waals surface area contributed by atoms with Gasteiger partial charge in [-0.2, -0.15) is 5.10 Å². The number of nitrogens with zero attached hydrogens (tertiary/aromatic N) is 3. The molecule has 0 atom stereocenters. The zero-order valence-electron chi connectivity index (χ0n) is 18.9. The zero-order valence-corrected chi connectivity index (χ0v) is 18.9. The summed E-state index contributed by atoms with van der Waals surface area (Å²) in [4.78, 5) is 28.3. The van der Waals surface area contributed by atoms with Crippen molar-refractivity contribution >= 4 is 22.4 Å². The Bertz CT molecular complexity index is 1340. The van der Waals surface area contributed by atoms with Gasteiger partial charge in [-0.25, -0.2) is 4.68 Å². The molecule has 0 aliphatic rings. The molecule has 0 saturated carbocycles. The van der Waals surface area contributed by atoms with Crippen molar-refractivity contribution in [3.63, 3.8) is 0 Å². The summed E-state index contributed by atoms with van der Waals surface area (Å²) < 4.78 is 1.31. The van der Waals surface area contributed by atoms with E-state index in [0.717, 1.165) is 27.8 Å². The fourth-order valence-electron chi connectivity index (χ4n) is 4.06. The molecule has 0 radical (unpaired) electrons. The summed E-state index contributed by atoms with van der Waals surface area (Å²) in [5.74, 6) is -0.178. The Balaban J connectivity index is 1.85. The van der Waals surface area contributed by atoms with Crippen LogP contribution in [0, 0.1) is 13.8 Å². The topological polar surface area (TPSA) is 55.2 Å². The first-order valence-electron chi connectivity index (χ1n) is 10.8. The van der Waals surface area contributed by atoms with Gasteiger partial charge in [-0.3, -0.25) is 9.59 Å². The van der Waals surface area contributed by atoms with Gasteiger partial charge in [0.25, 0.3) is 5.56 Å². The Morgan fingerprint density at radius 3 is 2.28 bits per heavy atom. The normalized spacial score (nSPS) is 11.2. The van der Waals surface area contributed by atoms with Gasteiger partial charge in [-0.1, -0.05) is 54.1 Å². The molecule has 3 aromatic carbocycles. The van der Waals surface area contributed by atoms with Crippen LogP contribution in [0.5, 0.6) is 0 Å². The summed E-state index contributed by atoms with van der Waals surface area (Å²) in [6.45, 7) is 7.85. The number of aryl methyl sites for hydroxylation is 2. The SMILES string of the molecule is Cc1ccc(C)c(-c2nn(CC(=O)N(c3ccccc3)C(C)C)c(=O)c3ccccc23)c1. The molecule has 0 aliphatic heterocycles. The first kappa shape index (κ1) is 21.5. The van der Waals surface area contributed by atoms with Gasteiger partial charge in [0.05, 0.1) is 11.1 Å². The fraction of sp³-hybridized carbons (Fsp3) is 0.222. The smallest absolute Gasteiger partial charge is 0.275 e. The van der Waals surface area contributed by atoms with Gasteiger partial charge in [-0.05, 0) is 57.5 Å². The lowest BCUT2D eigenvalue weighted by molar-refractivity contribution is -0.119. The molecule has 162 valence electrons. The Kier molecular flexibility index (Phi) is 5.91. The Labute approximate surface area is 187 Å². The molecule has 1 aromatic heterocycles. The van der Waals surface area contributed by atoms with E-state index in [1.165, 1.54) is 4.68 Å². The van der Waals surface area contributed by atoms with Crippen LogP contribution in [0.2, 0.25) is 0 Å². The molecule has 0 bridgehead atoms. The van der Waals surface area contributed by atoms with Crippen molar-refractivity contribution in [2.45, 2.75) is 40.3 Å². The fourth-order valence-corrected chi connectivity index (χ4v) is 4.06. The molecule has 1 amide bonds. The lowest BCUT2D eigenvalue weighted by atomic mass is 9.99. The van der Waals surface area contributed by atoms with Crippen molar-refractivity contribution < 1.29 is 4.79 Å². The third-order valence-corrected chi connectivity index (χ3v) is 5.62. The predicted octanol–water partition coefficient (Wildman–Crippen LogP) is 5.12. The highest BCUT2D eigenvalue weighted by atomic mass is 16.2. The van der Waals surface area contributed by atoms with Crippen LogP contribution in [0.1, 0.15) is 25.0 Å². The van der Waals surface area contributed by atoms with E-state index in [-0.39, 0.29) is 24.1 Å². The van der Waals surface area contributed by atoms with Crippen LogP contribution in [0.4, 0.5) is 5.69 Å². The molecule has 0 saturated heterocycles. The second-order valence-corrected chi connectivity index (χ2v) is 8.37. The largest absolute Gasteiger partial charge is 0.308 e. The van der Waals surface area contributed by atoms with E-state index in [4.69, 9.17) is 5.10 Å². The predicted molar refractivity (Wildman–Crippen MR) is 130 cm³/mol. The number of benzene rings is 3. The number of carbonyl (C=O) groups is 1. The molecular weight excluding hydrogens is 398 g/mol. The number of hydrogen-bond acceptors (Lipinski definition) is 3. The molecule has 0 unspecified atom stereocenters. The van der Waals surface area contributed by atoms with E-state index in [0.29, 0.717) is 11.1 Å². The van der Waals surface area contributed by atoms with Crippen LogP contribution in [0.15, 0.2) is 77.6 Å². The van der Waals surface area contributed by atoms with Crippen LogP contribution in [0.3, 0.4) is 0 Å². The van der Waals surface area contributed by atoms with Crippen LogP contribution < -0.4 is 10.5 Å². The average Bonchev–Trinajstić information content (AvgIpc) is 2.78. The highest BCUT2D eigenvalue weighted by molar-refractivity contribution is 5.96. The van der Waals surface area contributed by atoms with Crippen molar-refractivity contribution in [1.82, 2.24) is 9.78 Å². The summed E-state index contributed by atoms with van der Waals surface area (Å²) in [6, 6.07) is 23.1. The quantitative estimate of drug-likeness (QED) is 0.446. The Hall–Kier alpha value is -3.73. The zero-order chi connectivity index (χ0) is 22.8. The summed E-state index contributed by atoms with van der Waals surface area (Å²) in [7, 11) is 0. The minimum Gasteiger partial charge on any atom is -0.308 e. The van der Waals surface area contributed by atoms with E-state index < -0.39 is 0 Å². The third kappa shape index (κ3) is 4.06. The monoisotopic (exact) mass is 425 g/mol. The van der Waals surface area contributed by atoms with Crippen molar-refractivity contribution in [2.24, 2.45) is 0 Å². The van der Waals surface area contributed by atoms with Gasteiger partial charge < -0.3 is 4.90 Å². The molecule has 0 aliphatic carbocycles. The molecule has 0 spiro atoms. The van der Waals surface area contributed by atoms with Gasteiger partial charge in [0.15, 0.2) is 0 Å². The standard InChI is InChI=1S/C27H27N3O2/c1-18(2)30(21-10-6-5-7-11-21)25(31)17-29-27(32)23-13-9-8-12-22(23)26(28-29)24-16-19(3)14-15-20(24)4/h5-16,18H,17H2,1-4H3. The number of anilines is 1. The maximum absolute atomic E-state index is 13.3. The molecule has 0 fully saturated rings. The molecule has 0 N–H and O–H groups in total. The highest BCUT2D eigenvalue weighted by Gasteiger charge is 2.22. The number of para-hydroxylation sites is 1. The number of rotatable bonds is 5. The van der Waals surface area contributed by atoms with Gasteiger partial charge >= 0.3 is 0 Å². The van der Waals surface area contributed by atoms with Crippen LogP contribution >= 0.6 is 0 Å². The van der Waals surface area contributed by atoms with E-state index in [9.17, 15) is 9.59 Å². The number of carbonyl (C=O) groups excluding carboxylic acids is 1. The number of fused-ring (bicyclic) bond motifs is 1. The van der Waals surface area contributed by atoms with Crippen molar-refractivity contribution in [3.05, 3.63) is 94.3 Å². The van der Waals surface area contributed by atoms with Crippen LogP contribution in [-0.2, 0) is 11.3 Å². The van der Waals surface area contributed by atoms with Crippen LogP contribution in [-0.4, -0.2) is 21.7 Å². The summed E-state index contributed by atoms with van der Waals surface area (Å²) in [5.41, 5.74) is 4.39. The number of aromatic nitrogens is 2. The minimum absolute atomic E-state index is 0.0560. The first-order valence-corrected chi connectivity index (χ1v) is 10.8. The number of amides is 1. The number of hydrogen-bond donors (Lipinski definition) is 0. The summed E-state index contributed by atoms with van der Waals surface area (Å²) >= 11 is 0. The average molecular weight is 426 g/mol. The van der Waals surface area contributed by atoms with Gasteiger partial charge in [0.2, 0.25) is 5.91 Å². The molecule has 4 aromatic rings. The second kappa shape index (κ2) is 8.79. The molecular formula is C27H27N3O2. The van der Waals surface area contributed by atoms with E-state index in [2.05, 4.69) is 18.2 Å². The van der Waals surface area contributed by atoms with E-state index in [1.807, 2.05) is 76.2 Å². The van der Waals surface area contributed by atoms with E-state index >= 15 is 0 Å². The Morgan fingerprint density at radius 2 is 1.59 bits per heavy atom. The molecule has 5 heteroatoms. The maximum Gasteiger partial charge on any atom is 0.275 e. The lowest BCUT2D eigenvalue weighted by Gasteiger charge is -2.27. The first-order chi connectivity index (χ1) is 15.4. The molecule has 1 heterocycles. The summed E-state index contributed by atoms with van der Waals surface area (Å²) in [5, 5.41) is 6.05. The van der Waals surface area contributed by atoms with E-state index in [1.54, 1.807) is 11.0 Å². The third-order valence-electron chi connectivity index (χ3n) is 5.62. The highest BCUT2D eigenvalue weighted by Crippen LogP contribution is 2.28. The minimum atomic E-state index is -0.264.